The van der Waals surface area contributed by atoms with Crippen LogP contribution in [0.4, 0.5) is 0 Å². The van der Waals surface area contributed by atoms with Gasteiger partial charge in [0.1, 0.15) is 0 Å². The van der Waals surface area contributed by atoms with Crippen molar-refractivity contribution in [3.05, 3.63) is 23.3 Å². The molecule has 1 nitrogen and oxygen atoms in total. The third-order valence-corrected chi connectivity index (χ3v) is 4.45. The minimum atomic E-state index is 0.610. The molecule has 0 amide bonds. The highest BCUT2D eigenvalue weighted by atomic mass is 14.9. The molecule has 2 aliphatic rings. The molecule has 0 radical (unpaired) electrons. The predicted molar refractivity (Wildman–Crippen MR) is 75.0 cm³/mol. The van der Waals surface area contributed by atoms with E-state index < -0.39 is 0 Å². The maximum atomic E-state index is 3.63. The third-order valence-electron chi connectivity index (χ3n) is 4.45. The molecule has 0 spiro atoms. The van der Waals surface area contributed by atoms with Crippen LogP contribution in [0.5, 0.6) is 0 Å². The molecule has 0 bridgehead atoms. The van der Waals surface area contributed by atoms with E-state index >= 15 is 0 Å². The van der Waals surface area contributed by atoms with Crippen LogP contribution in [0.3, 0.4) is 0 Å². The number of allylic oxidation sites excluding steroid dienone is 4. The molecule has 0 aromatic carbocycles. The number of rotatable bonds is 7. The molecule has 2 aliphatic carbocycles. The minimum Gasteiger partial charge on any atom is -0.314 e. The van der Waals surface area contributed by atoms with E-state index in [0.29, 0.717) is 6.04 Å². The fraction of sp³-hybridized carbons (Fsp3) is 0.750. The van der Waals surface area contributed by atoms with Crippen molar-refractivity contribution in [1.82, 2.24) is 5.32 Å². The quantitative estimate of drug-likeness (QED) is 0.702. The van der Waals surface area contributed by atoms with Gasteiger partial charge in [-0.25, -0.2) is 0 Å². The molecule has 17 heavy (non-hydrogen) atoms. The topological polar surface area (TPSA) is 12.0 Å². The third kappa shape index (κ3) is 3.22. The zero-order chi connectivity index (χ0) is 12.4. The van der Waals surface area contributed by atoms with Gasteiger partial charge in [0, 0.05) is 6.04 Å². The van der Waals surface area contributed by atoms with Crippen LogP contribution >= 0.6 is 0 Å². The van der Waals surface area contributed by atoms with E-state index in [1.165, 1.54) is 25.8 Å². The molecule has 2 rings (SSSR count). The standard InChI is InChI=1S/C16H27N/c1-5-12(4)15(10-17-11(2)3)8-13-6-7-14-9-16(13)14/h7,9,11-13,15,17H,5-6,8,10H2,1-4H3/t12-,13+,15-/m1/s1. The normalized spacial score (nSPS) is 25.4. The molecule has 96 valence electrons. The van der Waals surface area contributed by atoms with Crippen molar-refractivity contribution >= 4 is 0 Å². The highest BCUT2D eigenvalue weighted by Crippen LogP contribution is 2.46. The first-order chi connectivity index (χ1) is 8.11. The van der Waals surface area contributed by atoms with Crippen LogP contribution in [0.15, 0.2) is 23.3 Å². The first-order valence-electron chi connectivity index (χ1n) is 7.27. The summed E-state index contributed by atoms with van der Waals surface area (Å²) in [6.07, 6.45) is 8.77. The largest absolute Gasteiger partial charge is 0.314 e. The smallest absolute Gasteiger partial charge is 0.00104 e. The van der Waals surface area contributed by atoms with Gasteiger partial charge in [0.25, 0.3) is 0 Å². The zero-order valence-corrected chi connectivity index (χ0v) is 11.8. The van der Waals surface area contributed by atoms with Crippen molar-refractivity contribution in [3.63, 3.8) is 0 Å². The number of hydrogen-bond acceptors (Lipinski definition) is 1. The first-order valence-corrected chi connectivity index (χ1v) is 7.27. The first kappa shape index (κ1) is 12.9. The fourth-order valence-corrected chi connectivity index (χ4v) is 2.88. The van der Waals surface area contributed by atoms with Gasteiger partial charge < -0.3 is 5.32 Å². The second-order valence-corrected chi connectivity index (χ2v) is 6.14. The second kappa shape index (κ2) is 5.39. The van der Waals surface area contributed by atoms with Gasteiger partial charge in [-0.05, 0) is 48.3 Å². The van der Waals surface area contributed by atoms with Crippen molar-refractivity contribution in [2.24, 2.45) is 17.8 Å². The van der Waals surface area contributed by atoms with Gasteiger partial charge in [-0.3, -0.25) is 0 Å². The highest BCUT2D eigenvalue weighted by molar-refractivity contribution is 5.61. The molecule has 0 aromatic rings. The highest BCUT2D eigenvalue weighted by Gasteiger charge is 2.33. The van der Waals surface area contributed by atoms with Gasteiger partial charge in [-0.1, -0.05) is 46.3 Å². The maximum absolute atomic E-state index is 3.63. The molecule has 0 saturated carbocycles. The van der Waals surface area contributed by atoms with Crippen molar-refractivity contribution in [2.45, 2.75) is 53.0 Å². The molecule has 1 heteroatoms. The summed E-state index contributed by atoms with van der Waals surface area (Å²) >= 11 is 0. The van der Waals surface area contributed by atoms with Gasteiger partial charge in [-0.15, -0.1) is 0 Å². The number of nitrogens with one attached hydrogen (secondary N) is 1. The molecule has 1 N–H and O–H groups in total. The molecular formula is C16H27N. The Bertz CT molecular complexity index is 324. The average Bonchev–Trinajstić information content (AvgIpc) is 2.99. The Morgan fingerprint density at radius 1 is 1.35 bits per heavy atom. The summed E-state index contributed by atoms with van der Waals surface area (Å²) in [5.74, 6) is 2.52. The van der Waals surface area contributed by atoms with E-state index in [1.54, 1.807) is 11.1 Å². The van der Waals surface area contributed by atoms with Crippen LogP contribution in [-0.4, -0.2) is 12.6 Å². The number of hydrogen-bond donors (Lipinski definition) is 1. The molecule has 0 heterocycles. The Labute approximate surface area is 106 Å². The van der Waals surface area contributed by atoms with Gasteiger partial charge in [-0.2, -0.15) is 0 Å². The van der Waals surface area contributed by atoms with Crippen molar-refractivity contribution in [2.75, 3.05) is 6.54 Å². The zero-order valence-electron chi connectivity index (χ0n) is 11.8. The summed E-state index contributed by atoms with van der Waals surface area (Å²) in [6, 6.07) is 0.610. The Morgan fingerprint density at radius 2 is 2.12 bits per heavy atom. The Morgan fingerprint density at radius 3 is 2.59 bits per heavy atom. The molecule has 0 aliphatic heterocycles. The van der Waals surface area contributed by atoms with Crippen molar-refractivity contribution in [1.29, 1.82) is 0 Å². The molecule has 0 fully saturated rings. The van der Waals surface area contributed by atoms with Gasteiger partial charge in [0.2, 0.25) is 0 Å². The minimum absolute atomic E-state index is 0.610. The summed E-state index contributed by atoms with van der Waals surface area (Å²) in [7, 11) is 0. The van der Waals surface area contributed by atoms with E-state index in [1.807, 2.05) is 0 Å². The molecule has 0 aromatic heterocycles. The lowest BCUT2D eigenvalue weighted by molar-refractivity contribution is 0.278. The maximum Gasteiger partial charge on any atom is 0.00104 e. The summed E-state index contributed by atoms with van der Waals surface area (Å²) in [5, 5.41) is 3.63. The fourth-order valence-electron chi connectivity index (χ4n) is 2.88. The van der Waals surface area contributed by atoms with Gasteiger partial charge in [0.05, 0.1) is 0 Å². The molecule has 0 unspecified atom stereocenters. The molecular weight excluding hydrogens is 206 g/mol. The second-order valence-electron chi connectivity index (χ2n) is 6.14. The lowest BCUT2D eigenvalue weighted by Gasteiger charge is -2.27. The Balaban J connectivity index is 1.84. The summed E-state index contributed by atoms with van der Waals surface area (Å²) in [6.45, 7) is 10.4. The van der Waals surface area contributed by atoms with Crippen molar-refractivity contribution in [3.8, 4) is 0 Å². The molecule has 0 saturated heterocycles. The lowest BCUT2D eigenvalue weighted by Crippen LogP contribution is -2.32. The van der Waals surface area contributed by atoms with Crippen LogP contribution in [0.2, 0.25) is 0 Å². The monoisotopic (exact) mass is 233 g/mol. The Hall–Kier alpha value is -0.560. The van der Waals surface area contributed by atoms with Crippen LogP contribution in [-0.2, 0) is 0 Å². The average molecular weight is 233 g/mol. The van der Waals surface area contributed by atoms with E-state index in [4.69, 9.17) is 0 Å². The van der Waals surface area contributed by atoms with Crippen LogP contribution < -0.4 is 5.32 Å². The van der Waals surface area contributed by atoms with Crippen LogP contribution in [0.25, 0.3) is 0 Å². The van der Waals surface area contributed by atoms with E-state index in [-0.39, 0.29) is 0 Å². The van der Waals surface area contributed by atoms with E-state index in [2.05, 4.69) is 45.2 Å². The predicted octanol–water partition coefficient (Wildman–Crippen LogP) is 3.92. The van der Waals surface area contributed by atoms with Crippen LogP contribution in [0.1, 0.15) is 47.0 Å². The van der Waals surface area contributed by atoms with Crippen LogP contribution in [0, 0.1) is 17.8 Å². The van der Waals surface area contributed by atoms with Gasteiger partial charge in [0.15, 0.2) is 0 Å². The van der Waals surface area contributed by atoms with E-state index in [0.717, 1.165) is 17.8 Å². The van der Waals surface area contributed by atoms with Crippen molar-refractivity contribution < 1.29 is 0 Å². The number of fused-ring (bicyclic) bond motifs is 1. The SMILES string of the molecule is CC[C@@H](C)[C@@H](CNC(C)C)C[C@@H]1CC=C2C=C21. The van der Waals surface area contributed by atoms with E-state index in [9.17, 15) is 0 Å². The lowest BCUT2D eigenvalue weighted by atomic mass is 9.82. The summed E-state index contributed by atoms with van der Waals surface area (Å²) < 4.78 is 0. The molecule has 3 atom stereocenters. The van der Waals surface area contributed by atoms with Gasteiger partial charge >= 0.3 is 0 Å². The summed E-state index contributed by atoms with van der Waals surface area (Å²) in [5.41, 5.74) is 3.23. The Kier molecular flexibility index (Phi) is 4.09. The summed E-state index contributed by atoms with van der Waals surface area (Å²) in [4.78, 5) is 0.